The second kappa shape index (κ2) is 8.20. The van der Waals surface area contributed by atoms with Crippen LogP contribution in [-0.4, -0.2) is 21.0 Å². The zero-order valence-corrected chi connectivity index (χ0v) is 15.7. The van der Waals surface area contributed by atoms with Crippen molar-refractivity contribution in [1.29, 1.82) is 0 Å². The zero-order valence-electron chi connectivity index (χ0n) is 15.0. The van der Waals surface area contributed by atoms with E-state index in [0.29, 0.717) is 22.5 Å². The van der Waals surface area contributed by atoms with E-state index in [-0.39, 0.29) is 23.2 Å². The highest BCUT2D eigenvalue weighted by atomic mass is 35.5. The summed E-state index contributed by atoms with van der Waals surface area (Å²) in [7, 11) is 0. The fourth-order valence-electron chi connectivity index (χ4n) is 2.84. The summed E-state index contributed by atoms with van der Waals surface area (Å²) < 4.78 is 19.0. The minimum Gasteiger partial charge on any atom is -0.337 e. The second-order valence-corrected chi connectivity index (χ2v) is 6.58. The van der Waals surface area contributed by atoms with E-state index >= 15 is 0 Å². The Morgan fingerprint density at radius 1 is 1.14 bits per heavy atom. The number of hydrogen-bond donors (Lipinski definition) is 1. The van der Waals surface area contributed by atoms with Crippen molar-refractivity contribution in [3.05, 3.63) is 83.5 Å². The van der Waals surface area contributed by atoms with Gasteiger partial charge in [0.05, 0.1) is 22.7 Å². The molecule has 4 aromatic rings. The van der Waals surface area contributed by atoms with Crippen LogP contribution in [-0.2, 0) is 11.2 Å². The van der Waals surface area contributed by atoms with Crippen molar-refractivity contribution in [3.63, 3.8) is 0 Å². The van der Waals surface area contributed by atoms with E-state index in [1.165, 1.54) is 24.5 Å². The minimum atomic E-state index is -0.543. The fourth-order valence-corrected chi connectivity index (χ4v) is 3.02. The molecule has 0 fully saturated rings. The Bertz CT molecular complexity index is 1150. The Balaban J connectivity index is 1.71. The third-order valence-electron chi connectivity index (χ3n) is 4.18. The molecule has 0 saturated heterocycles. The summed E-state index contributed by atoms with van der Waals surface area (Å²) in [5, 5.41) is 6.75. The lowest BCUT2D eigenvalue weighted by Crippen LogP contribution is -2.14. The maximum atomic E-state index is 13.6. The molecule has 2 aromatic carbocycles. The summed E-state index contributed by atoms with van der Waals surface area (Å²) >= 11 is 5.91. The highest BCUT2D eigenvalue weighted by Crippen LogP contribution is 2.37. The van der Waals surface area contributed by atoms with Gasteiger partial charge in [0.15, 0.2) is 0 Å². The lowest BCUT2D eigenvalue weighted by molar-refractivity contribution is -0.115. The van der Waals surface area contributed by atoms with Gasteiger partial charge in [0.25, 0.3) is 0 Å². The van der Waals surface area contributed by atoms with Crippen LogP contribution in [0.3, 0.4) is 0 Å². The normalized spacial score (nSPS) is 10.7. The van der Waals surface area contributed by atoms with Gasteiger partial charge in [-0.15, -0.1) is 0 Å². The van der Waals surface area contributed by atoms with Crippen LogP contribution >= 0.6 is 11.6 Å². The zero-order chi connectivity index (χ0) is 20.2. The first-order valence-corrected chi connectivity index (χ1v) is 9.05. The average Bonchev–Trinajstić information content (AvgIpc) is 3.14. The van der Waals surface area contributed by atoms with E-state index in [9.17, 15) is 9.18 Å². The van der Waals surface area contributed by atoms with Crippen LogP contribution < -0.4 is 5.32 Å². The first-order valence-electron chi connectivity index (χ1n) is 8.67. The molecule has 0 bridgehead atoms. The van der Waals surface area contributed by atoms with Crippen molar-refractivity contribution in [2.24, 2.45) is 0 Å². The maximum Gasteiger partial charge on any atom is 0.241 e. The Labute approximate surface area is 170 Å². The number of nitrogens with one attached hydrogen (secondary N) is 1. The van der Waals surface area contributed by atoms with Crippen LogP contribution in [0.2, 0.25) is 5.02 Å². The van der Waals surface area contributed by atoms with E-state index in [0.717, 1.165) is 5.56 Å². The van der Waals surface area contributed by atoms with Gasteiger partial charge < -0.3 is 4.52 Å². The number of carbonyl (C=O) groups excluding carboxylic acids is 1. The smallest absolute Gasteiger partial charge is 0.241 e. The van der Waals surface area contributed by atoms with Crippen molar-refractivity contribution < 1.29 is 13.7 Å². The molecular formula is C21H14ClFN4O2. The standard InChI is InChI=1S/C21H14ClFN4O2/c22-15-11-14(6-7-16(15)23)20-19(17-8-9-24-12-25-17)21(29-27-20)26-18(28)10-13-4-2-1-3-5-13/h1-9,11-12H,10H2,(H,26,28). The molecular weight excluding hydrogens is 395 g/mol. The van der Waals surface area contributed by atoms with E-state index < -0.39 is 5.82 Å². The molecule has 144 valence electrons. The Morgan fingerprint density at radius 3 is 2.69 bits per heavy atom. The third kappa shape index (κ3) is 4.14. The van der Waals surface area contributed by atoms with Crippen LogP contribution in [0, 0.1) is 5.82 Å². The number of halogens is 2. The summed E-state index contributed by atoms with van der Waals surface area (Å²) in [6.07, 6.45) is 3.11. The molecule has 0 aliphatic carbocycles. The molecule has 0 saturated carbocycles. The van der Waals surface area contributed by atoms with Gasteiger partial charge in [0, 0.05) is 11.8 Å². The van der Waals surface area contributed by atoms with Gasteiger partial charge >= 0.3 is 0 Å². The van der Waals surface area contributed by atoms with Crippen LogP contribution in [0.4, 0.5) is 10.3 Å². The summed E-state index contributed by atoms with van der Waals surface area (Å²) in [4.78, 5) is 20.6. The van der Waals surface area contributed by atoms with Crippen LogP contribution in [0.1, 0.15) is 5.56 Å². The molecule has 6 nitrogen and oxygen atoms in total. The Kier molecular flexibility index (Phi) is 5.31. The summed E-state index contributed by atoms with van der Waals surface area (Å²) in [5.41, 5.74) is 2.71. The van der Waals surface area contributed by atoms with Gasteiger partial charge in [-0.05, 0) is 29.8 Å². The predicted molar refractivity (Wildman–Crippen MR) is 107 cm³/mol. The SMILES string of the molecule is O=C(Cc1ccccc1)Nc1onc(-c2ccc(F)c(Cl)c2)c1-c1ccncn1. The lowest BCUT2D eigenvalue weighted by Gasteiger charge is -2.06. The monoisotopic (exact) mass is 408 g/mol. The first-order chi connectivity index (χ1) is 14.1. The van der Waals surface area contributed by atoms with E-state index in [4.69, 9.17) is 16.1 Å². The number of carbonyl (C=O) groups is 1. The highest BCUT2D eigenvalue weighted by Gasteiger charge is 2.22. The number of rotatable bonds is 5. The van der Waals surface area contributed by atoms with Crippen LogP contribution in [0.25, 0.3) is 22.5 Å². The molecule has 2 aromatic heterocycles. The summed E-state index contributed by atoms with van der Waals surface area (Å²) in [6.45, 7) is 0. The van der Waals surface area contributed by atoms with Gasteiger partial charge in [0.2, 0.25) is 11.8 Å². The second-order valence-electron chi connectivity index (χ2n) is 6.17. The number of anilines is 1. The third-order valence-corrected chi connectivity index (χ3v) is 4.47. The quantitative estimate of drug-likeness (QED) is 0.514. The van der Waals surface area contributed by atoms with Crippen molar-refractivity contribution in [2.75, 3.05) is 5.32 Å². The van der Waals surface area contributed by atoms with Crippen molar-refractivity contribution in [2.45, 2.75) is 6.42 Å². The van der Waals surface area contributed by atoms with Gasteiger partial charge in [-0.1, -0.05) is 47.1 Å². The van der Waals surface area contributed by atoms with Crippen molar-refractivity contribution in [1.82, 2.24) is 15.1 Å². The summed E-state index contributed by atoms with van der Waals surface area (Å²) in [5.74, 6) is -0.676. The molecule has 1 amide bonds. The number of aromatic nitrogens is 3. The first kappa shape index (κ1) is 18.8. The molecule has 1 N–H and O–H groups in total. The van der Waals surface area contributed by atoms with Gasteiger partial charge in [-0.3, -0.25) is 10.1 Å². The van der Waals surface area contributed by atoms with Crippen molar-refractivity contribution >= 4 is 23.4 Å². The van der Waals surface area contributed by atoms with Gasteiger partial charge in [0.1, 0.15) is 17.8 Å². The largest absolute Gasteiger partial charge is 0.337 e. The topological polar surface area (TPSA) is 80.9 Å². The molecule has 2 heterocycles. The van der Waals surface area contributed by atoms with Crippen LogP contribution in [0.15, 0.2) is 71.6 Å². The maximum absolute atomic E-state index is 13.6. The molecule has 29 heavy (non-hydrogen) atoms. The highest BCUT2D eigenvalue weighted by molar-refractivity contribution is 6.31. The molecule has 0 unspecified atom stereocenters. The van der Waals surface area contributed by atoms with Crippen LogP contribution in [0.5, 0.6) is 0 Å². The summed E-state index contributed by atoms with van der Waals surface area (Å²) in [6, 6.07) is 15.2. The molecule has 0 atom stereocenters. The van der Waals surface area contributed by atoms with E-state index in [2.05, 4.69) is 20.4 Å². The molecule has 4 rings (SSSR count). The molecule has 0 aliphatic rings. The molecule has 8 heteroatoms. The predicted octanol–water partition coefficient (Wildman–Crippen LogP) is 4.77. The van der Waals surface area contributed by atoms with Gasteiger partial charge in [-0.25, -0.2) is 14.4 Å². The van der Waals surface area contributed by atoms with E-state index in [1.54, 1.807) is 12.3 Å². The molecule has 0 radical (unpaired) electrons. The minimum absolute atomic E-state index is 0.0474. The van der Waals surface area contributed by atoms with E-state index in [1.807, 2.05) is 30.3 Å². The fraction of sp³-hybridized carbons (Fsp3) is 0.0476. The number of nitrogens with zero attached hydrogens (tertiary/aromatic N) is 3. The number of hydrogen-bond acceptors (Lipinski definition) is 5. The Morgan fingerprint density at radius 2 is 1.97 bits per heavy atom. The lowest BCUT2D eigenvalue weighted by atomic mass is 10.0. The Hall–Kier alpha value is -3.58. The average molecular weight is 409 g/mol. The molecule has 0 spiro atoms. The number of benzene rings is 2. The van der Waals surface area contributed by atoms with Crippen molar-refractivity contribution in [3.8, 4) is 22.5 Å². The van der Waals surface area contributed by atoms with Gasteiger partial charge in [-0.2, -0.15) is 0 Å². The number of amides is 1. The molecule has 0 aliphatic heterocycles.